The highest BCUT2D eigenvalue weighted by molar-refractivity contribution is 5.94. The Kier molecular flexibility index (Phi) is 8.16. The summed E-state index contributed by atoms with van der Waals surface area (Å²) in [6.45, 7) is 1.21. The zero-order valence-electron chi connectivity index (χ0n) is 15.6. The van der Waals surface area contributed by atoms with Gasteiger partial charge in [0, 0.05) is 19.9 Å². The molecular weight excluding hydrogens is 364 g/mol. The molecule has 11 heteroatoms. The summed E-state index contributed by atoms with van der Waals surface area (Å²) in [6.07, 6.45) is -1.46. The highest BCUT2D eigenvalue weighted by atomic mass is 16.5. The molecule has 2 N–H and O–H groups in total. The Labute approximate surface area is 155 Å². The summed E-state index contributed by atoms with van der Waals surface area (Å²) >= 11 is 0. The molecule has 0 unspecified atom stereocenters. The fraction of sp³-hybridized carbons (Fsp3) is 0.688. The first-order valence-corrected chi connectivity index (χ1v) is 8.14. The Morgan fingerprint density at radius 1 is 1.07 bits per heavy atom. The normalized spacial score (nSPS) is 21.0. The number of carbonyl (C=O) groups excluding carboxylic acids is 5. The first kappa shape index (κ1) is 22.4. The van der Waals surface area contributed by atoms with Gasteiger partial charge < -0.3 is 29.5 Å². The molecule has 1 aliphatic heterocycles. The van der Waals surface area contributed by atoms with Crippen LogP contribution in [-0.2, 0) is 38.2 Å². The number of hydrogen-bond acceptors (Lipinski definition) is 9. The third-order valence-electron chi connectivity index (χ3n) is 4.26. The van der Waals surface area contributed by atoms with Gasteiger partial charge in [0.2, 0.25) is 11.8 Å². The van der Waals surface area contributed by atoms with E-state index in [0.29, 0.717) is 0 Å². The molecule has 152 valence electrons. The Morgan fingerprint density at radius 2 is 1.67 bits per heavy atom. The first-order chi connectivity index (χ1) is 12.7. The monoisotopic (exact) mass is 388 g/mol. The van der Waals surface area contributed by atoms with Crippen molar-refractivity contribution in [3.8, 4) is 0 Å². The number of hydrogen-bond donors (Lipinski definition) is 2. The average Bonchev–Trinajstić information content (AvgIpc) is 3.05. The number of carbonyl (C=O) groups is 5. The maximum Gasteiger partial charge on any atom is 0.329 e. The zero-order valence-corrected chi connectivity index (χ0v) is 15.6. The molecule has 2 amide bonds. The number of methoxy groups -OCH3 is 3. The third kappa shape index (κ3) is 5.64. The van der Waals surface area contributed by atoms with Crippen LogP contribution < -0.4 is 5.32 Å². The molecule has 0 saturated carbocycles. The molecule has 1 heterocycles. The lowest BCUT2D eigenvalue weighted by atomic mass is 9.95. The lowest BCUT2D eigenvalue weighted by Crippen LogP contribution is -2.55. The number of nitrogens with zero attached hydrogens (tertiary/aromatic N) is 1. The summed E-state index contributed by atoms with van der Waals surface area (Å²) in [5, 5.41) is 12.1. The van der Waals surface area contributed by atoms with Crippen LogP contribution in [0.2, 0.25) is 0 Å². The van der Waals surface area contributed by atoms with Gasteiger partial charge in [0.1, 0.15) is 12.1 Å². The van der Waals surface area contributed by atoms with E-state index in [0.717, 1.165) is 26.2 Å². The number of amides is 2. The minimum Gasteiger partial charge on any atom is -0.469 e. The van der Waals surface area contributed by atoms with Crippen molar-refractivity contribution in [1.82, 2.24) is 10.2 Å². The Hall–Kier alpha value is -2.69. The molecule has 1 rings (SSSR count). The van der Waals surface area contributed by atoms with Gasteiger partial charge in [-0.1, -0.05) is 0 Å². The van der Waals surface area contributed by atoms with Crippen LogP contribution in [0.25, 0.3) is 0 Å². The lowest BCUT2D eigenvalue weighted by molar-refractivity contribution is -0.159. The number of esters is 3. The first-order valence-electron chi connectivity index (χ1n) is 8.14. The second-order valence-corrected chi connectivity index (χ2v) is 6.00. The van der Waals surface area contributed by atoms with E-state index in [1.807, 2.05) is 0 Å². The molecule has 11 nitrogen and oxygen atoms in total. The highest BCUT2D eigenvalue weighted by Gasteiger charge is 2.43. The fourth-order valence-corrected chi connectivity index (χ4v) is 2.86. The second kappa shape index (κ2) is 9.86. The van der Waals surface area contributed by atoms with Gasteiger partial charge >= 0.3 is 17.9 Å². The summed E-state index contributed by atoms with van der Waals surface area (Å²) < 4.78 is 13.7. The van der Waals surface area contributed by atoms with Gasteiger partial charge in [-0.3, -0.25) is 19.2 Å². The SMILES string of the molecule is COC(=O)C[C@H](C(=O)OC)[C@H](NC(=O)[C@@H]1C[C@@H](O)CN1C(C)=O)C(=O)OC. The van der Waals surface area contributed by atoms with Crippen LogP contribution in [0.15, 0.2) is 0 Å². The minimum atomic E-state index is -1.54. The number of nitrogens with one attached hydrogen (secondary N) is 1. The zero-order chi connectivity index (χ0) is 20.7. The standard InChI is InChI=1S/C16H24N2O9/c1-8(19)18-7-9(20)5-11(18)14(22)17-13(16(24)27-4)10(15(23)26-3)6-12(21)25-2/h9-11,13,20H,5-7H2,1-4H3,(H,17,22)/t9-,10+,11+,13+/m1/s1. The topological polar surface area (TPSA) is 149 Å². The number of likely N-dealkylation sites (tertiary alicyclic amines) is 1. The summed E-state index contributed by atoms with van der Waals surface area (Å²) in [7, 11) is 3.22. The lowest BCUT2D eigenvalue weighted by Gasteiger charge is -2.27. The van der Waals surface area contributed by atoms with E-state index < -0.39 is 60.2 Å². The molecule has 0 aliphatic carbocycles. The summed E-state index contributed by atoms with van der Waals surface area (Å²) in [5.41, 5.74) is 0. The van der Waals surface area contributed by atoms with Crippen molar-refractivity contribution >= 4 is 29.7 Å². The van der Waals surface area contributed by atoms with E-state index in [-0.39, 0.29) is 13.0 Å². The molecule has 0 spiro atoms. The van der Waals surface area contributed by atoms with Crippen LogP contribution in [0.5, 0.6) is 0 Å². The second-order valence-electron chi connectivity index (χ2n) is 6.00. The third-order valence-corrected chi connectivity index (χ3v) is 4.26. The van der Waals surface area contributed by atoms with Gasteiger partial charge in [-0.25, -0.2) is 4.79 Å². The average molecular weight is 388 g/mol. The van der Waals surface area contributed by atoms with Gasteiger partial charge in [-0.05, 0) is 0 Å². The van der Waals surface area contributed by atoms with Crippen LogP contribution in [0, 0.1) is 5.92 Å². The van der Waals surface area contributed by atoms with Crippen molar-refractivity contribution in [2.24, 2.45) is 5.92 Å². The molecule has 1 fully saturated rings. The van der Waals surface area contributed by atoms with Gasteiger partial charge in [0.15, 0.2) is 0 Å². The highest BCUT2D eigenvalue weighted by Crippen LogP contribution is 2.20. The fourth-order valence-electron chi connectivity index (χ4n) is 2.86. The molecular formula is C16H24N2O9. The predicted octanol–water partition coefficient (Wildman–Crippen LogP) is -2.02. The van der Waals surface area contributed by atoms with E-state index in [2.05, 4.69) is 19.5 Å². The van der Waals surface area contributed by atoms with E-state index >= 15 is 0 Å². The molecule has 1 aliphatic rings. The quantitative estimate of drug-likeness (QED) is 0.372. The van der Waals surface area contributed by atoms with Crippen molar-refractivity contribution in [2.75, 3.05) is 27.9 Å². The summed E-state index contributed by atoms with van der Waals surface area (Å²) in [4.78, 5) is 61.2. The molecule has 27 heavy (non-hydrogen) atoms. The van der Waals surface area contributed by atoms with Crippen LogP contribution in [0.1, 0.15) is 19.8 Å². The van der Waals surface area contributed by atoms with Crippen LogP contribution in [0.4, 0.5) is 0 Å². The van der Waals surface area contributed by atoms with Gasteiger partial charge in [0.05, 0.1) is 39.8 Å². The van der Waals surface area contributed by atoms with Gasteiger partial charge in [0.25, 0.3) is 0 Å². The Balaban J connectivity index is 3.09. The van der Waals surface area contributed by atoms with E-state index in [4.69, 9.17) is 0 Å². The number of β-amino-alcohol motifs (C(OH)–C–C–N with tert-alkyl or cyclic N) is 1. The van der Waals surface area contributed by atoms with Crippen molar-refractivity contribution < 1.29 is 43.3 Å². The van der Waals surface area contributed by atoms with Crippen LogP contribution in [-0.4, -0.2) is 85.8 Å². The van der Waals surface area contributed by atoms with E-state index in [1.165, 1.54) is 6.92 Å². The van der Waals surface area contributed by atoms with E-state index in [1.54, 1.807) is 0 Å². The number of rotatable bonds is 7. The molecule has 0 bridgehead atoms. The van der Waals surface area contributed by atoms with Crippen molar-refractivity contribution in [3.63, 3.8) is 0 Å². The Morgan fingerprint density at radius 3 is 2.15 bits per heavy atom. The molecule has 4 atom stereocenters. The largest absolute Gasteiger partial charge is 0.469 e. The summed E-state index contributed by atoms with van der Waals surface area (Å²) in [6, 6.07) is -2.57. The van der Waals surface area contributed by atoms with Gasteiger partial charge in [-0.15, -0.1) is 0 Å². The minimum absolute atomic E-state index is 0.0286. The van der Waals surface area contributed by atoms with Crippen molar-refractivity contribution in [3.05, 3.63) is 0 Å². The molecule has 0 aromatic carbocycles. The molecule has 0 aromatic heterocycles. The smallest absolute Gasteiger partial charge is 0.329 e. The molecule has 0 radical (unpaired) electrons. The number of aliphatic hydroxyl groups is 1. The number of aliphatic hydroxyl groups excluding tert-OH is 1. The molecule has 1 saturated heterocycles. The molecule has 0 aromatic rings. The number of ether oxygens (including phenoxy) is 3. The van der Waals surface area contributed by atoms with Crippen molar-refractivity contribution in [1.29, 1.82) is 0 Å². The van der Waals surface area contributed by atoms with Crippen molar-refractivity contribution in [2.45, 2.75) is 38.0 Å². The Bertz CT molecular complexity index is 607. The van der Waals surface area contributed by atoms with Crippen LogP contribution in [0.3, 0.4) is 0 Å². The van der Waals surface area contributed by atoms with E-state index in [9.17, 15) is 29.1 Å². The summed E-state index contributed by atoms with van der Waals surface area (Å²) in [5.74, 6) is -5.29. The van der Waals surface area contributed by atoms with Crippen LogP contribution >= 0.6 is 0 Å². The predicted molar refractivity (Wildman–Crippen MR) is 87.9 cm³/mol. The maximum atomic E-state index is 12.6. The maximum absolute atomic E-state index is 12.6. The van der Waals surface area contributed by atoms with Gasteiger partial charge in [-0.2, -0.15) is 0 Å².